The van der Waals surface area contributed by atoms with Crippen molar-refractivity contribution in [1.82, 2.24) is 4.90 Å². The Bertz CT molecular complexity index is 526. The smallest absolute Gasteiger partial charge is 0.255 e. The summed E-state index contributed by atoms with van der Waals surface area (Å²) in [7, 11) is 0. The molecule has 1 aromatic carbocycles. The van der Waals surface area contributed by atoms with Gasteiger partial charge in [-0.1, -0.05) is 23.7 Å². The zero-order chi connectivity index (χ0) is 14.2. The minimum atomic E-state index is -0.593. The number of aryl methyl sites for hydroxylation is 1. The standard InChI is InChI=1S/C15H18ClNO3/c1-11-4-2-5-12(13(11)16)14(18)17-7-3-6-15(10-17)19-8-9-20-15/h2,4-5H,3,6-10H2,1H3. The highest BCUT2D eigenvalue weighted by molar-refractivity contribution is 6.34. The van der Waals surface area contributed by atoms with Crippen molar-refractivity contribution in [2.24, 2.45) is 0 Å². The first-order chi connectivity index (χ1) is 9.61. The van der Waals surface area contributed by atoms with Gasteiger partial charge in [0.15, 0.2) is 5.79 Å². The number of ether oxygens (including phenoxy) is 2. The molecule has 1 aromatic rings. The molecule has 2 aliphatic rings. The van der Waals surface area contributed by atoms with Crippen LogP contribution in [0.3, 0.4) is 0 Å². The second kappa shape index (κ2) is 5.35. The summed E-state index contributed by atoms with van der Waals surface area (Å²) in [4.78, 5) is 14.4. The molecule has 0 unspecified atom stereocenters. The minimum Gasteiger partial charge on any atom is -0.346 e. The van der Waals surface area contributed by atoms with Crippen molar-refractivity contribution in [3.8, 4) is 0 Å². The van der Waals surface area contributed by atoms with E-state index in [1.807, 2.05) is 19.1 Å². The lowest BCUT2D eigenvalue weighted by atomic mass is 10.0. The lowest BCUT2D eigenvalue weighted by molar-refractivity contribution is -0.183. The maximum atomic E-state index is 12.6. The van der Waals surface area contributed by atoms with Gasteiger partial charge in [-0.25, -0.2) is 0 Å². The molecule has 0 aromatic heterocycles. The largest absolute Gasteiger partial charge is 0.346 e. The first-order valence-electron chi connectivity index (χ1n) is 6.94. The molecule has 2 aliphatic heterocycles. The van der Waals surface area contributed by atoms with Crippen LogP contribution in [0.5, 0.6) is 0 Å². The highest BCUT2D eigenvalue weighted by atomic mass is 35.5. The molecule has 2 saturated heterocycles. The van der Waals surface area contributed by atoms with Crippen LogP contribution in [-0.2, 0) is 9.47 Å². The summed E-state index contributed by atoms with van der Waals surface area (Å²) >= 11 is 6.25. The molecule has 0 aliphatic carbocycles. The number of likely N-dealkylation sites (tertiary alicyclic amines) is 1. The molecule has 2 fully saturated rings. The highest BCUT2D eigenvalue weighted by Gasteiger charge is 2.42. The molecule has 0 radical (unpaired) electrons. The average Bonchev–Trinajstić information content (AvgIpc) is 2.89. The van der Waals surface area contributed by atoms with Crippen LogP contribution in [-0.4, -0.2) is 42.9 Å². The Balaban J connectivity index is 1.81. The first-order valence-corrected chi connectivity index (χ1v) is 7.31. The van der Waals surface area contributed by atoms with Gasteiger partial charge in [-0.2, -0.15) is 0 Å². The van der Waals surface area contributed by atoms with E-state index in [2.05, 4.69) is 0 Å². The molecule has 5 heteroatoms. The van der Waals surface area contributed by atoms with Crippen LogP contribution >= 0.6 is 11.6 Å². The van der Waals surface area contributed by atoms with E-state index in [1.165, 1.54) is 0 Å². The van der Waals surface area contributed by atoms with Gasteiger partial charge in [-0.3, -0.25) is 4.79 Å². The van der Waals surface area contributed by atoms with Crippen LogP contribution in [0.4, 0.5) is 0 Å². The third-order valence-electron chi connectivity index (χ3n) is 3.94. The predicted molar refractivity (Wildman–Crippen MR) is 76.0 cm³/mol. The number of carbonyl (C=O) groups is 1. The van der Waals surface area contributed by atoms with Gasteiger partial charge >= 0.3 is 0 Å². The van der Waals surface area contributed by atoms with E-state index in [0.29, 0.717) is 30.3 Å². The third-order valence-corrected chi connectivity index (χ3v) is 4.44. The lowest BCUT2D eigenvalue weighted by Crippen LogP contribution is -2.51. The molecular weight excluding hydrogens is 278 g/mol. The zero-order valence-corrected chi connectivity index (χ0v) is 12.3. The Kier molecular flexibility index (Phi) is 3.71. The average molecular weight is 296 g/mol. The quantitative estimate of drug-likeness (QED) is 0.799. The van der Waals surface area contributed by atoms with E-state index in [0.717, 1.165) is 24.9 Å². The Hall–Kier alpha value is -1.10. The monoisotopic (exact) mass is 295 g/mol. The summed E-state index contributed by atoms with van der Waals surface area (Å²) in [5.41, 5.74) is 1.47. The fraction of sp³-hybridized carbons (Fsp3) is 0.533. The van der Waals surface area contributed by atoms with Crippen molar-refractivity contribution in [2.75, 3.05) is 26.3 Å². The number of nitrogens with zero attached hydrogens (tertiary/aromatic N) is 1. The van der Waals surface area contributed by atoms with Gasteiger partial charge in [0.1, 0.15) is 0 Å². The molecule has 3 rings (SSSR count). The number of carbonyl (C=O) groups excluding carboxylic acids is 1. The number of hydrogen-bond acceptors (Lipinski definition) is 3. The number of halogens is 1. The van der Waals surface area contributed by atoms with Crippen LogP contribution in [0.25, 0.3) is 0 Å². The fourth-order valence-electron chi connectivity index (χ4n) is 2.88. The normalized spacial score (nSPS) is 21.4. The third kappa shape index (κ3) is 2.43. The summed E-state index contributed by atoms with van der Waals surface area (Å²) in [5, 5.41) is 0.533. The van der Waals surface area contributed by atoms with E-state index < -0.39 is 5.79 Å². The Morgan fingerprint density at radius 3 is 2.85 bits per heavy atom. The minimum absolute atomic E-state index is 0.0446. The second-order valence-corrected chi connectivity index (χ2v) is 5.75. The van der Waals surface area contributed by atoms with Crippen LogP contribution in [0.15, 0.2) is 18.2 Å². The lowest BCUT2D eigenvalue weighted by Gasteiger charge is -2.38. The number of amides is 1. The maximum Gasteiger partial charge on any atom is 0.255 e. The van der Waals surface area contributed by atoms with Crippen LogP contribution in [0, 0.1) is 6.92 Å². The van der Waals surface area contributed by atoms with Gasteiger partial charge in [0.05, 0.1) is 30.3 Å². The molecule has 4 nitrogen and oxygen atoms in total. The van der Waals surface area contributed by atoms with Gasteiger partial charge in [-0.05, 0) is 25.0 Å². The number of rotatable bonds is 1. The van der Waals surface area contributed by atoms with Crippen molar-refractivity contribution < 1.29 is 14.3 Å². The van der Waals surface area contributed by atoms with Gasteiger partial charge in [0.25, 0.3) is 5.91 Å². The molecule has 108 valence electrons. The van der Waals surface area contributed by atoms with Crippen LogP contribution in [0.2, 0.25) is 5.02 Å². The summed E-state index contributed by atoms with van der Waals surface area (Å²) in [5.74, 6) is -0.638. The topological polar surface area (TPSA) is 38.8 Å². The fourth-order valence-corrected chi connectivity index (χ4v) is 3.08. The van der Waals surface area contributed by atoms with Gasteiger partial charge in [0, 0.05) is 13.0 Å². The predicted octanol–water partition coefficient (Wildman–Crippen LogP) is 2.63. The van der Waals surface area contributed by atoms with Crippen LogP contribution in [0.1, 0.15) is 28.8 Å². The highest BCUT2D eigenvalue weighted by Crippen LogP contribution is 2.31. The summed E-state index contributed by atoms with van der Waals surface area (Å²) in [6.45, 7) is 4.31. The number of piperidine rings is 1. The van der Waals surface area contributed by atoms with E-state index in [1.54, 1.807) is 11.0 Å². The second-order valence-electron chi connectivity index (χ2n) is 5.37. The number of benzene rings is 1. The van der Waals surface area contributed by atoms with Gasteiger partial charge in [-0.15, -0.1) is 0 Å². The number of hydrogen-bond donors (Lipinski definition) is 0. The molecular formula is C15H18ClNO3. The SMILES string of the molecule is Cc1cccc(C(=O)N2CCCC3(C2)OCCO3)c1Cl. The Morgan fingerprint density at radius 2 is 2.10 bits per heavy atom. The first kappa shape index (κ1) is 13.9. The molecule has 20 heavy (non-hydrogen) atoms. The van der Waals surface area contributed by atoms with Gasteiger partial charge < -0.3 is 14.4 Å². The van der Waals surface area contributed by atoms with Crippen LogP contribution < -0.4 is 0 Å². The Labute approximate surface area is 123 Å². The van der Waals surface area contributed by atoms with E-state index in [4.69, 9.17) is 21.1 Å². The van der Waals surface area contributed by atoms with E-state index in [-0.39, 0.29) is 5.91 Å². The zero-order valence-electron chi connectivity index (χ0n) is 11.5. The summed E-state index contributed by atoms with van der Waals surface area (Å²) in [6.07, 6.45) is 1.73. The Morgan fingerprint density at radius 1 is 1.35 bits per heavy atom. The summed E-state index contributed by atoms with van der Waals surface area (Å²) < 4.78 is 11.4. The molecule has 0 saturated carbocycles. The molecule has 2 heterocycles. The maximum absolute atomic E-state index is 12.6. The van der Waals surface area contributed by atoms with Crippen molar-refractivity contribution >= 4 is 17.5 Å². The van der Waals surface area contributed by atoms with Gasteiger partial charge in [0.2, 0.25) is 0 Å². The van der Waals surface area contributed by atoms with Crippen molar-refractivity contribution in [1.29, 1.82) is 0 Å². The summed E-state index contributed by atoms with van der Waals surface area (Å²) in [6, 6.07) is 5.53. The van der Waals surface area contributed by atoms with Crippen molar-refractivity contribution in [3.05, 3.63) is 34.3 Å². The van der Waals surface area contributed by atoms with E-state index >= 15 is 0 Å². The van der Waals surface area contributed by atoms with Crippen molar-refractivity contribution in [2.45, 2.75) is 25.6 Å². The molecule has 0 atom stereocenters. The molecule has 0 N–H and O–H groups in total. The molecule has 0 bridgehead atoms. The molecule has 1 amide bonds. The van der Waals surface area contributed by atoms with Crippen molar-refractivity contribution in [3.63, 3.8) is 0 Å². The molecule has 1 spiro atoms. The van der Waals surface area contributed by atoms with E-state index in [9.17, 15) is 4.79 Å².